The molecular weight excluding hydrogens is 628 g/mol. The quantitative estimate of drug-likeness (QED) is 0.353. The maximum Gasteiger partial charge on any atom is 0.338 e. The number of fused-ring (bicyclic) bond motifs is 1. The summed E-state index contributed by atoms with van der Waals surface area (Å²) in [5.74, 6) is 1.09. The van der Waals surface area contributed by atoms with E-state index in [1.165, 1.54) is 30.1 Å². The fraction of sp³-hybridized carbons (Fsp3) is 0.269. The Labute approximate surface area is 234 Å². The van der Waals surface area contributed by atoms with E-state index >= 15 is 0 Å². The van der Waals surface area contributed by atoms with Crippen molar-refractivity contribution in [2.24, 2.45) is 4.99 Å². The Hall–Kier alpha value is -2.89. The molecule has 0 saturated heterocycles. The first kappa shape index (κ1) is 27.2. The summed E-state index contributed by atoms with van der Waals surface area (Å²) in [6.07, 6.45) is 1.78. The topological polar surface area (TPSA) is 88.4 Å². The second kappa shape index (κ2) is 11.2. The maximum absolute atomic E-state index is 13.9. The molecule has 11 heteroatoms. The van der Waals surface area contributed by atoms with Gasteiger partial charge in [0.05, 0.1) is 49.8 Å². The van der Waals surface area contributed by atoms with Gasteiger partial charge >= 0.3 is 5.97 Å². The summed E-state index contributed by atoms with van der Waals surface area (Å²) in [7, 11) is 4.65. The molecule has 2 heterocycles. The van der Waals surface area contributed by atoms with Crippen molar-refractivity contribution in [1.82, 2.24) is 4.57 Å². The van der Waals surface area contributed by atoms with Crippen LogP contribution in [0.4, 0.5) is 0 Å². The van der Waals surface area contributed by atoms with Gasteiger partial charge in [-0.15, -0.1) is 0 Å². The lowest BCUT2D eigenvalue weighted by atomic mass is 9.95. The number of halogens is 2. The number of hydrogen-bond acceptors (Lipinski definition) is 8. The molecule has 0 aliphatic carbocycles. The van der Waals surface area contributed by atoms with Gasteiger partial charge in [-0.3, -0.25) is 9.36 Å². The molecule has 8 nitrogen and oxygen atoms in total. The van der Waals surface area contributed by atoms with E-state index in [1.807, 2.05) is 18.2 Å². The van der Waals surface area contributed by atoms with Crippen LogP contribution in [0, 0.1) is 0 Å². The van der Waals surface area contributed by atoms with Gasteiger partial charge in [-0.25, -0.2) is 9.79 Å². The molecule has 1 aliphatic heterocycles. The number of allylic oxidation sites excluding steroid dienone is 1. The Morgan fingerprint density at radius 2 is 1.78 bits per heavy atom. The molecule has 0 spiro atoms. The SMILES string of the molecule is CCOC(=O)C1=C(C)N=c2s/c(=C\c3cc(OC)ccc3Br)c(=O)n2[C@H]1c1cc(OC)c(OC)cc1Br. The van der Waals surface area contributed by atoms with Gasteiger partial charge < -0.3 is 18.9 Å². The summed E-state index contributed by atoms with van der Waals surface area (Å²) in [6.45, 7) is 3.66. The van der Waals surface area contributed by atoms with E-state index in [9.17, 15) is 9.59 Å². The Bertz CT molecular complexity index is 1590. The number of nitrogens with zero attached hydrogens (tertiary/aromatic N) is 2. The van der Waals surface area contributed by atoms with Gasteiger partial charge in [0.2, 0.25) is 0 Å². The number of aromatic nitrogens is 1. The number of ether oxygens (including phenoxy) is 4. The van der Waals surface area contributed by atoms with Gasteiger partial charge in [-0.2, -0.15) is 0 Å². The summed E-state index contributed by atoms with van der Waals surface area (Å²) < 4.78 is 25.1. The van der Waals surface area contributed by atoms with Crippen LogP contribution in [-0.2, 0) is 9.53 Å². The van der Waals surface area contributed by atoms with Crippen molar-refractivity contribution in [2.75, 3.05) is 27.9 Å². The minimum atomic E-state index is -0.805. The molecule has 1 atom stereocenters. The van der Waals surface area contributed by atoms with Crippen molar-refractivity contribution in [3.8, 4) is 17.2 Å². The van der Waals surface area contributed by atoms with Gasteiger partial charge in [-0.1, -0.05) is 43.2 Å². The van der Waals surface area contributed by atoms with E-state index in [1.54, 1.807) is 39.2 Å². The van der Waals surface area contributed by atoms with Crippen LogP contribution in [0.2, 0.25) is 0 Å². The van der Waals surface area contributed by atoms with Gasteiger partial charge in [0.15, 0.2) is 16.3 Å². The standard InChI is InChI=1S/C26H24Br2N2O6S/c1-6-36-25(32)22-13(2)29-26-30(23(22)16-11-19(34-4)20(35-5)12-18(16)28)24(31)21(37-26)10-14-9-15(33-3)7-8-17(14)27/h7-12,23H,6H2,1-5H3/b21-10-/t23-/m0/s1. The predicted octanol–water partition coefficient (Wildman–Crippen LogP) is 4.35. The lowest BCUT2D eigenvalue weighted by Gasteiger charge is -2.26. The number of carbonyl (C=O) groups excluding carboxylic acids is 1. The lowest BCUT2D eigenvalue weighted by Crippen LogP contribution is -2.40. The molecule has 4 rings (SSSR count). The molecule has 37 heavy (non-hydrogen) atoms. The average Bonchev–Trinajstić information content (AvgIpc) is 3.18. The molecule has 2 aromatic carbocycles. The van der Waals surface area contributed by atoms with Crippen LogP contribution in [-0.4, -0.2) is 38.5 Å². The monoisotopic (exact) mass is 650 g/mol. The highest BCUT2D eigenvalue weighted by atomic mass is 79.9. The molecule has 1 aliphatic rings. The molecule has 0 radical (unpaired) electrons. The van der Waals surface area contributed by atoms with Crippen LogP contribution < -0.4 is 29.1 Å². The zero-order valence-electron chi connectivity index (χ0n) is 20.8. The molecule has 3 aromatic rings. The highest BCUT2D eigenvalue weighted by Crippen LogP contribution is 2.40. The highest BCUT2D eigenvalue weighted by Gasteiger charge is 2.35. The number of thiazole rings is 1. The number of rotatable bonds is 7. The summed E-state index contributed by atoms with van der Waals surface area (Å²) >= 11 is 8.39. The molecule has 0 saturated carbocycles. The summed E-state index contributed by atoms with van der Waals surface area (Å²) in [6, 6.07) is 8.21. The van der Waals surface area contributed by atoms with E-state index in [0.717, 1.165) is 10.0 Å². The minimum absolute atomic E-state index is 0.184. The third kappa shape index (κ3) is 5.12. The Balaban J connectivity index is 2.02. The largest absolute Gasteiger partial charge is 0.497 e. The fourth-order valence-electron chi connectivity index (χ4n) is 4.07. The number of benzene rings is 2. The Kier molecular flexibility index (Phi) is 8.25. The molecule has 1 aromatic heterocycles. The number of carbonyl (C=O) groups is 1. The third-order valence-electron chi connectivity index (χ3n) is 5.80. The van der Waals surface area contributed by atoms with Crippen LogP contribution >= 0.6 is 43.2 Å². The first-order chi connectivity index (χ1) is 17.7. The zero-order valence-corrected chi connectivity index (χ0v) is 24.7. The summed E-state index contributed by atoms with van der Waals surface area (Å²) in [5.41, 5.74) is 1.86. The second-order valence-corrected chi connectivity index (χ2v) is 10.6. The van der Waals surface area contributed by atoms with Crippen LogP contribution in [0.1, 0.15) is 31.0 Å². The van der Waals surface area contributed by atoms with Crippen molar-refractivity contribution < 1.29 is 23.7 Å². The van der Waals surface area contributed by atoms with Crippen molar-refractivity contribution in [1.29, 1.82) is 0 Å². The van der Waals surface area contributed by atoms with Gasteiger partial charge in [-0.05, 0) is 61.4 Å². The molecule has 0 unspecified atom stereocenters. The van der Waals surface area contributed by atoms with E-state index < -0.39 is 12.0 Å². The predicted molar refractivity (Wildman–Crippen MR) is 148 cm³/mol. The molecule has 0 fully saturated rings. The molecule has 194 valence electrons. The second-order valence-electron chi connectivity index (χ2n) is 7.92. The molecule has 0 N–H and O–H groups in total. The van der Waals surface area contributed by atoms with Crippen molar-refractivity contribution in [3.05, 3.63) is 81.4 Å². The number of hydrogen-bond donors (Lipinski definition) is 0. The summed E-state index contributed by atoms with van der Waals surface area (Å²) in [4.78, 5) is 32.1. The maximum atomic E-state index is 13.9. The van der Waals surface area contributed by atoms with Crippen LogP contribution in [0.5, 0.6) is 17.2 Å². The molecule has 0 bridgehead atoms. The number of methoxy groups -OCH3 is 3. The van der Waals surface area contributed by atoms with E-state index in [2.05, 4.69) is 36.9 Å². The van der Waals surface area contributed by atoms with Gasteiger partial charge in [0, 0.05) is 8.95 Å². The van der Waals surface area contributed by atoms with E-state index in [0.29, 0.717) is 42.3 Å². The van der Waals surface area contributed by atoms with E-state index in [4.69, 9.17) is 18.9 Å². The first-order valence-corrected chi connectivity index (χ1v) is 13.6. The first-order valence-electron chi connectivity index (χ1n) is 11.2. The van der Waals surface area contributed by atoms with Gasteiger partial charge in [0.25, 0.3) is 5.56 Å². The summed E-state index contributed by atoms with van der Waals surface area (Å²) in [5, 5.41) is 0. The lowest BCUT2D eigenvalue weighted by molar-refractivity contribution is -0.139. The normalized spacial score (nSPS) is 15.2. The van der Waals surface area contributed by atoms with Crippen molar-refractivity contribution in [3.63, 3.8) is 0 Å². The van der Waals surface area contributed by atoms with Crippen LogP contribution in [0.25, 0.3) is 6.08 Å². The molecular formula is C26H24Br2N2O6S. The average molecular weight is 652 g/mol. The van der Waals surface area contributed by atoms with Crippen LogP contribution in [0.3, 0.4) is 0 Å². The Morgan fingerprint density at radius 3 is 2.43 bits per heavy atom. The van der Waals surface area contributed by atoms with Crippen molar-refractivity contribution >= 4 is 55.2 Å². The minimum Gasteiger partial charge on any atom is -0.497 e. The molecule has 0 amide bonds. The Morgan fingerprint density at radius 1 is 1.08 bits per heavy atom. The smallest absolute Gasteiger partial charge is 0.338 e. The van der Waals surface area contributed by atoms with Gasteiger partial charge in [0.1, 0.15) is 5.75 Å². The third-order valence-corrected chi connectivity index (χ3v) is 8.20. The zero-order chi connectivity index (χ0) is 26.9. The van der Waals surface area contributed by atoms with Crippen molar-refractivity contribution in [2.45, 2.75) is 19.9 Å². The van der Waals surface area contributed by atoms with Crippen LogP contribution in [0.15, 0.2) is 60.3 Å². The fourth-order valence-corrected chi connectivity index (χ4v) is 6.00. The van der Waals surface area contributed by atoms with E-state index in [-0.39, 0.29) is 17.7 Å². The highest BCUT2D eigenvalue weighted by molar-refractivity contribution is 9.10. The number of esters is 1.